The number of hydrogen-bond donors (Lipinski definition) is 2. The molecule has 4 rings (SSSR count). The molecule has 130 valence electrons. The average Bonchev–Trinajstić information content (AvgIpc) is 3.25. The van der Waals surface area contributed by atoms with Crippen molar-refractivity contribution in [3.8, 4) is 0 Å². The highest BCUT2D eigenvalue weighted by atomic mass is 16.5. The molecular formula is C18H20N4O3. The molecule has 0 radical (unpaired) electrons. The van der Waals surface area contributed by atoms with Crippen LogP contribution in [0.25, 0.3) is 10.9 Å². The van der Waals surface area contributed by atoms with Crippen molar-refractivity contribution in [2.75, 3.05) is 26.2 Å². The summed E-state index contributed by atoms with van der Waals surface area (Å²) < 4.78 is 4.74. The minimum Gasteiger partial charge on any atom is -0.390 e. The average molecular weight is 340 g/mol. The summed E-state index contributed by atoms with van der Waals surface area (Å²) in [4.78, 5) is 19.4. The van der Waals surface area contributed by atoms with Crippen molar-refractivity contribution in [3.05, 3.63) is 54.0 Å². The van der Waals surface area contributed by atoms with Crippen molar-refractivity contribution >= 4 is 16.8 Å². The van der Waals surface area contributed by atoms with Gasteiger partial charge >= 0.3 is 0 Å². The second kappa shape index (κ2) is 6.70. The molecule has 1 fully saturated rings. The van der Waals surface area contributed by atoms with Crippen molar-refractivity contribution in [2.45, 2.75) is 12.6 Å². The van der Waals surface area contributed by atoms with Gasteiger partial charge in [-0.3, -0.25) is 9.69 Å². The van der Waals surface area contributed by atoms with Crippen molar-refractivity contribution in [1.82, 2.24) is 19.9 Å². The van der Waals surface area contributed by atoms with Crippen LogP contribution in [0.15, 0.2) is 47.3 Å². The number of benzene rings is 1. The lowest BCUT2D eigenvalue weighted by atomic mass is 10.1. The largest absolute Gasteiger partial charge is 0.390 e. The van der Waals surface area contributed by atoms with Gasteiger partial charge in [0.15, 0.2) is 5.69 Å². The van der Waals surface area contributed by atoms with E-state index >= 15 is 0 Å². The maximum Gasteiger partial charge on any atom is 0.276 e. The Bertz CT molecular complexity index is 858. The fourth-order valence-electron chi connectivity index (χ4n) is 3.33. The number of fused-ring (bicyclic) bond motifs is 1. The fourth-order valence-corrected chi connectivity index (χ4v) is 3.33. The van der Waals surface area contributed by atoms with Crippen LogP contribution in [0.1, 0.15) is 16.1 Å². The monoisotopic (exact) mass is 340 g/mol. The number of aliphatic hydroxyl groups is 1. The molecule has 25 heavy (non-hydrogen) atoms. The highest BCUT2D eigenvalue weighted by Gasteiger charge is 2.26. The molecule has 0 spiro atoms. The van der Waals surface area contributed by atoms with E-state index in [2.05, 4.69) is 39.3 Å². The summed E-state index contributed by atoms with van der Waals surface area (Å²) in [5, 5.41) is 15.2. The standard InChI is InChI=1S/C18H20N4O3/c23-15-11-21(10-13-1-2-16-14(9-13)3-5-19-16)6-7-22(12-15)18(24)17-4-8-25-20-17/h1-5,8-9,15,19,23H,6-7,10-12H2. The number of H-pyrrole nitrogens is 1. The number of β-amino-alcohol motifs (C(OH)–C–C–N with tert-alkyl or cyclic N) is 1. The van der Waals surface area contributed by atoms with E-state index < -0.39 is 6.10 Å². The zero-order chi connectivity index (χ0) is 17.2. The first-order valence-electron chi connectivity index (χ1n) is 8.35. The van der Waals surface area contributed by atoms with Gasteiger partial charge in [0.1, 0.15) is 6.26 Å². The van der Waals surface area contributed by atoms with Crippen molar-refractivity contribution in [2.24, 2.45) is 0 Å². The first-order valence-corrected chi connectivity index (χ1v) is 8.35. The molecule has 1 amide bonds. The van der Waals surface area contributed by atoms with E-state index in [1.54, 1.807) is 11.0 Å². The van der Waals surface area contributed by atoms with Gasteiger partial charge < -0.3 is 19.5 Å². The summed E-state index contributed by atoms with van der Waals surface area (Å²) in [5.74, 6) is -0.205. The smallest absolute Gasteiger partial charge is 0.276 e. The van der Waals surface area contributed by atoms with Gasteiger partial charge in [0.2, 0.25) is 0 Å². The van der Waals surface area contributed by atoms with Gasteiger partial charge in [-0.1, -0.05) is 11.2 Å². The number of carbonyl (C=O) groups excluding carboxylic acids is 1. The van der Waals surface area contributed by atoms with E-state index in [9.17, 15) is 9.90 Å². The van der Waals surface area contributed by atoms with Crippen LogP contribution in [0.2, 0.25) is 0 Å². The van der Waals surface area contributed by atoms with Gasteiger partial charge in [0.25, 0.3) is 5.91 Å². The second-order valence-electron chi connectivity index (χ2n) is 6.42. The number of rotatable bonds is 3. The highest BCUT2D eigenvalue weighted by molar-refractivity contribution is 5.92. The molecule has 2 aromatic heterocycles. The van der Waals surface area contributed by atoms with E-state index in [1.165, 1.54) is 17.2 Å². The molecule has 1 aliphatic heterocycles. The number of nitrogens with zero attached hydrogens (tertiary/aromatic N) is 3. The predicted octanol–water partition coefficient (Wildman–Crippen LogP) is 1.47. The van der Waals surface area contributed by atoms with Crippen LogP contribution in [-0.4, -0.2) is 63.2 Å². The molecule has 0 bridgehead atoms. The quantitative estimate of drug-likeness (QED) is 0.754. The first-order chi connectivity index (χ1) is 12.2. The van der Waals surface area contributed by atoms with E-state index in [-0.39, 0.29) is 11.6 Å². The van der Waals surface area contributed by atoms with E-state index in [1.807, 2.05) is 6.20 Å². The van der Waals surface area contributed by atoms with Crippen LogP contribution >= 0.6 is 0 Å². The molecule has 1 saturated heterocycles. The molecule has 7 heteroatoms. The fraction of sp³-hybridized carbons (Fsp3) is 0.333. The van der Waals surface area contributed by atoms with Crippen LogP contribution < -0.4 is 0 Å². The molecule has 3 heterocycles. The summed E-state index contributed by atoms with van der Waals surface area (Å²) in [6, 6.07) is 9.91. The third kappa shape index (κ3) is 3.42. The Hall–Kier alpha value is -2.64. The van der Waals surface area contributed by atoms with Gasteiger partial charge in [-0.2, -0.15) is 0 Å². The molecule has 0 saturated carbocycles. The lowest BCUT2D eigenvalue weighted by Crippen LogP contribution is -2.37. The summed E-state index contributed by atoms with van der Waals surface area (Å²) in [5.41, 5.74) is 2.58. The Kier molecular flexibility index (Phi) is 4.25. The van der Waals surface area contributed by atoms with E-state index in [0.29, 0.717) is 26.2 Å². The molecule has 1 aromatic carbocycles. The van der Waals surface area contributed by atoms with Crippen LogP contribution in [0.3, 0.4) is 0 Å². The summed E-state index contributed by atoms with van der Waals surface area (Å²) >= 11 is 0. The van der Waals surface area contributed by atoms with Crippen molar-refractivity contribution in [3.63, 3.8) is 0 Å². The number of aliphatic hydroxyl groups excluding tert-OH is 1. The Morgan fingerprint density at radius 3 is 3.04 bits per heavy atom. The summed E-state index contributed by atoms with van der Waals surface area (Å²) in [7, 11) is 0. The molecule has 0 aliphatic carbocycles. The Morgan fingerprint density at radius 2 is 2.20 bits per heavy atom. The first kappa shape index (κ1) is 15.9. The third-order valence-corrected chi connectivity index (χ3v) is 4.55. The number of carbonyl (C=O) groups is 1. The maximum atomic E-state index is 12.4. The molecule has 3 aromatic rings. The number of amides is 1. The lowest BCUT2D eigenvalue weighted by molar-refractivity contribution is 0.0653. The zero-order valence-corrected chi connectivity index (χ0v) is 13.8. The normalized spacial score (nSPS) is 19.2. The van der Waals surface area contributed by atoms with Crippen LogP contribution in [0, 0.1) is 0 Å². The molecule has 2 N–H and O–H groups in total. The lowest BCUT2D eigenvalue weighted by Gasteiger charge is -2.21. The third-order valence-electron chi connectivity index (χ3n) is 4.55. The summed E-state index contributed by atoms with van der Waals surface area (Å²) in [6.07, 6.45) is 2.72. The Labute approximate surface area is 144 Å². The SMILES string of the molecule is O=C(c1ccon1)N1CCN(Cc2ccc3[nH]ccc3c2)CC(O)C1. The molecule has 7 nitrogen and oxygen atoms in total. The van der Waals surface area contributed by atoms with E-state index in [0.717, 1.165) is 12.1 Å². The van der Waals surface area contributed by atoms with Crippen molar-refractivity contribution < 1.29 is 14.4 Å². The topological polar surface area (TPSA) is 85.6 Å². The molecule has 1 atom stereocenters. The van der Waals surface area contributed by atoms with E-state index in [4.69, 9.17) is 4.52 Å². The molecule has 1 aliphatic rings. The van der Waals surface area contributed by atoms with Crippen LogP contribution in [0.4, 0.5) is 0 Å². The van der Waals surface area contributed by atoms with Gasteiger partial charge in [0.05, 0.1) is 6.10 Å². The minimum absolute atomic E-state index is 0.205. The van der Waals surface area contributed by atoms with Gasteiger partial charge in [-0.25, -0.2) is 0 Å². The molecule has 1 unspecified atom stereocenters. The maximum absolute atomic E-state index is 12.4. The summed E-state index contributed by atoms with van der Waals surface area (Å²) in [6.45, 7) is 2.83. The highest BCUT2D eigenvalue weighted by Crippen LogP contribution is 2.17. The zero-order valence-electron chi connectivity index (χ0n) is 13.8. The second-order valence-corrected chi connectivity index (χ2v) is 6.42. The number of nitrogens with one attached hydrogen (secondary N) is 1. The van der Waals surface area contributed by atoms with Gasteiger partial charge in [-0.15, -0.1) is 0 Å². The van der Waals surface area contributed by atoms with Crippen molar-refractivity contribution in [1.29, 1.82) is 0 Å². The van der Waals surface area contributed by atoms with Crippen LogP contribution in [0.5, 0.6) is 0 Å². The van der Waals surface area contributed by atoms with Gasteiger partial charge in [0, 0.05) is 50.5 Å². The Morgan fingerprint density at radius 1 is 1.28 bits per heavy atom. The van der Waals surface area contributed by atoms with Crippen LogP contribution in [-0.2, 0) is 6.54 Å². The Balaban J connectivity index is 1.44. The van der Waals surface area contributed by atoms with Gasteiger partial charge in [-0.05, 0) is 29.1 Å². The molecular weight excluding hydrogens is 320 g/mol. The number of aromatic amines is 1. The predicted molar refractivity (Wildman–Crippen MR) is 92.0 cm³/mol. The number of aromatic nitrogens is 2. The number of hydrogen-bond acceptors (Lipinski definition) is 5. The minimum atomic E-state index is -0.589.